The lowest BCUT2D eigenvalue weighted by Crippen LogP contribution is -2.68. The molecule has 0 spiro atoms. The van der Waals surface area contributed by atoms with Gasteiger partial charge in [0, 0.05) is 27.2 Å². The van der Waals surface area contributed by atoms with Crippen molar-refractivity contribution in [2.75, 3.05) is 32.5 Å². The van der Waals surface area contributed by atoms with Crippen LogP contribution in [0.15, 0.2) is 36.4 Å². The molecule has 3 rings (SSSR count). The lowest BCUT2D eigenvalue weighted by atomic mass is 9.69. The van der Waals surface area contributed by atoms with E-state index in [9.17, 15) is 18.8 Å². The third-order valence-electron chi connectivity index (χ3n) is 5.97. The minimum absolute atomic E-state index is 0.00200. The molecule has 1 saturated heterocycles. The number of benzene rings is 2. The van der Waals surface area contributed by atoms with Gasteiger partial charge in [0.25, 0.3) is 5.91 Å². The molecule has 8 nitrogen and oxygen atoms in total. The van der Waals surface area contributed by atoms with E-state index in [1.165, 1.54) is 20.2 Å². The van der Waals surface area contributed by atoms with E-state index in [-0.39, 0.29) is 40.4 Å². The minimum Gasteiger partial charge on any atom is -0.355 e. The van der Waals surface area contributed by atoms with Gasteiger partial charge in [-0.3, -0.25) is 14.9 Å². The zero-order chi connectivity index (χ0) is 25.9. The van der Waals surface area contributed by atoms with E-state index >= 15 is 0 Å². The van der Waals surface area contributed by atoms with Gasteiger partial charge in [0.2, 0.25) is 5.91 Å². The monoisotopic (exact) mass is 519 g/mol. The summed E-state index contributed by atoms with van der Waals surface area (Å²) < 4.78 is 14.3. The van der Waals surface area contributed by atoms with Crippen LogP contribution in [0.2, 0.25) is 5.02 Å². The molecule has 0 radical (unpaired) electrons. The van der Waals surface area contributed by atoms with Crippen LogP contribution in [0.5, 0.6) is 0 Å². The van der Waals surface area contributed by atoms with Gasteiger partial charge in [0.1, 0.15) is 11.2 Å². The highest BCUT2D eigenvalue weighted by Gasteiger charge is 2.53. The molecule has 1 fully saturated rings. The average Bonchev–Trinajstić information content (AvgIpc) is 2.80. The number of carbonyl (C=O) groups excluding carboxylic acids is 3. The molecule has 2 aromatic rings. The van der Waals surface area contributed by atoms with Crippen LogP contribution >= 0.6 is 23.8 Å². The molecule has 1 aliphatic rings. The number of thiocarbonyl (C=S) groups is 1. The van der Waals surface area contributed by atoms with Gasteiger partial charge in [-0.25, -0.2) is 9.18 Å². The third kappa shape index (κ3) is 5.23. The van der Waals surface area contributed by atoms with Gasteiger partial charge in [-0.1, -0.05) is 49.7 Å². The first-order chi connectivity index (χ1) is 16.5. The largest absolute Gasteiger partial charge is 0.355 e. The Morgan fingerprint density at radius 3 is 2.37 bits per heavy atom. The van der Waals surface area contributed by atoms with Crippen molar-refractivity contribution >= 4 is 52.5 Å². The van der Waals surface area contributed by atoms with Crippen LogP contribution in [0.4, 0.5) is 14.9 Å². The van der Waals surface area contributed by atoms with Gasteiger partial charge < -0.3 is 20.9 Å². The van der Waals surface area contributed by atoms with Gasteiger partial charge in [-0.2, -0.15) is 0 Å². The Morgan fingerprint density at radius 2 is 1.77 bits per heavy atom. The standard InChI is InChI=1S/C24H27ClFN5O3S/c1-13(2)14-7-5-6-8-16(14)24(11-31(12-24)23(35)30-22(34)28-4)21(33)29-19-10-18(26)17(25)9-15(19)20(32)27-3/h5-10,13H,11-12H2,1-4H3,(H,27,32)(H,29,33)(H2,28,30,34,35). The maximum absolute atomic E-state index is 14.3. The van der Waals surface area contributed by atoms with E-state index in [0.29, 0.717) is 0 Å². The second-order valence-corrected chi connectivity index (χ2v) is 9.33. The molecule has 35 heavy (non-hydrogen) atoms. The van der Waals surface area contributed by atoms with Crippen molar-refractivity contribution in [3.8, 4) is 0 Å². The Kier molecular flexibility index (Phi) is 7.97. The van der Waals surface area contributed by atoms with Crippen molar-refractivity contribution in [3.63, 3.8) is 0 Å². The van der Waals surface area contributed by atoms with Crippen LogP contribution in [0.25, 0.3) is 0 Å². The minimum atomic E-state index is -1.06. The predicted octanol–water partition coefficient (Wildman–Crippen LogP) is 3.37. The summed E-state index contributed by atoms with van der Waals surface area (Å²) in [6.07, 6.45) is 0. The second-order valence-electron chi connectivity index (χ2n) is 8.53. The maximum atomic E-state index is 14.3. The summed E-state index contributed by atoms with van der Waals surface area (Å²) in [4.78, 5) is 39.6. The number of hydrogen-bond acceptors (Lipinski definition) is 4. The van der Waals surface area contributed by atoms with Crippen molar-refractivity contribution in [1.82, 2.24) is 20.9 Å². The summed E-state index contributed by atoms with van der Waals surface area (Å²) in [6.45, 7) is 4.40. The zero-order valence-electron chi connectivity index (χ0n) is 19.8. The fourth-order valence-electron chi connectivity index (χ4n) is 4.07. The molecule has 4 amide bonds. The Hall–Kier alpha value is -3.24. The number of halogens is 2. The predicted molar refractivity (Wildman–Crippen MR) is 137 cm³/mol. The highest BCUT2D eigenvalue weighted by atomic mass is 35.5. The van der Waals surface area contributed by atoms with Crippen LogP contribution in [-0.2, 0) is 10.2 Å². The molecule has 1 aliphatic heterocycles. The number of amides is 4. The summed E-state index contributed by atoms with van der Waals surface area (Å²) in [5.41, 5.74) is 0.740. The smallest absolute Gasteiger partial charge is 0.320 e. The fourth-order valence-corrected chi connectivity index (χ4v) is 4.46. The molecule has 0 bridgehead atoms. The first-order valence-electron chi connectivity index (χ1n) is 10.9. The van der Waals surface area contributed by atoms with Crippen molar-refractivity contribution in [1.29, 1.82) is 0 Å². The van der Waals surface area contributed by atoms with E-state index in [4.69, 9.17) is 23.8 Å². The lowest BCUT2D eigenvalue weighted by molar-refractivity contribution is -0.126. The Labute approximate surface area is 213 Å². The van der Waals surface area contributed by atoms with Crippen LogP contribution in [0, 0.1) is 5.82 Å². The molecule has 0 aliphatic carbocycles. The van der Waals surface area contributed by atoms with Gasteiger partial charge in [-0.15, -0.1) is 0 Å². The quantitative estimate of drug-likeness (QED) is 0.454. The van der Waals surface area contributed by atoms with E-state index in [0.717, 1.165) is 17.2 Å². The molecule has 2 aromatic carbocycles. The number of likely N-dealkylation sites (tertiary alicyclic amines) is 1. The normalized spacial score (nSPS) is 14.1. The van der Waals surface area contributed by atoms with E-state index in [1.54, 1.807) is 4.90 Å². The van der Waals surface area contributed by atoms with Crippen LogP contribution in [0.1, 0.15) is 41.3 Å². The molecule has 0 unspecified atom stereocenters. The molecule has 0 saturated carbocycles. The van der Waals surface area contributed by atoms with Gasteiger partial charge in [0.15, 0.2) is 5.11 Å². The summed E-state index contributed by atoms with van der Waals surface area (Å²) in [5.74, 6) is -1.60. The van der Waals surface area contributed by atoms with Crippen LogP contribution in [0.3, 0.4) is 0 Å². The van der Waals surface area contributed by atoms with Crippen LogP contribution in [-0.4, -0.2) is 55.0 Å². The number of nitrogens with zero attached hydrogens (tertiary/aromatic N) is 1. The summed E-state index contributed by atoms with van der Waals surface area (Å²) in [5, 5.41) is 10.1. The number of nitrogens with one attached hydrogen (secondary N) is 4. The van der Waals surface area contributed by atoms with Gasteiger partial charge in [-0.05, 0) is 41.4 Å². The maximum Gasteiger partial charge on any atom is 0.320 e. The highest BCUT2D eigenvalue weighted by molar-refractivity contribution is 7.80. The molecular weight excluding hydrogens is 493 g/mol. The lowest BCUT2D eigenvalue weighted by Gasteiger charge is -2.50. The first kappa shape index (κ1) is 26.4. The Balaban J connectivity index is 2.02. The number of hydrogen-bond donors (Lipinski definition) is 4. The average molecular weight is 520 g/mol. The first-order valence-corrected chi connectivity index (χ1v) is 11.7. The topological polar surface area (TPSA) is 103 Å². The van der Waals surface area contributed by atoms with Crippen molar-refractivity contribution < 1.29 is 18.8 Å². The number of carbonyl (C=O) groups is 3. The SMILES string of the molecule is CNC(=O)NC(=S)N1CC(C(=O)Nc2cc(F)c(Cl)cc2C(=O)NC)(c2ccccc2C(C)C)C1. The van der Waals surface area contributed by atoms with Crippen molar-refractivity contribution in [2.45, 2.75) is 25.2 Å². The van der Waals surface area contributed by atoms with Gasteiger partial charge in [0.05, 0.1) is 16.3 Å². The van der Waals surface area contributed by atoms with Crippen LogP contribution < -0.4 is 21.3 Å². The van der Waals surface area contributed by atoms with E-state index in [2.05, 4.69) is 21.3 Å². The van der Waals surface area contributed by atoms with Crippen molar-refractivity contribution in [3.05, 3.63) is 63.9 Å². The third-order valence-corrected chi connectivity index (χ3v) is 6.62. The molecule has 0 atom stereocenters. The number of rotatable bonds is 5. The number of urea groups is 1. The Bertz CT molecular complexity index is 1180. The van der Waals surface area contributed by atoms with Crippen molar-refractivity contribution in [2.24, 2.45) is 0 Å². The molecule has 186 valence electrons. The highest BCUT2D eigenvalue weighted by Crippen LogP contribution is 2.40. The second kappa shape index (κ2) is 10.6. The molecule has 11 heteroatoms. The molecular formula is C24H27ClFN5O3S. The van der Waals surface area contributed by atoms with Gasteiger partial charge >= 0.3 is 6.03 Å². The number of anilines is 1. The Morgan fingerprint density at radius 1 is 1.11 bits per heavy atom. The molecule has 1 heterocycles. The van der Waals surface area contributed by atoms with E-state index < -0.39 is 29.1 Å². The molecule has 4 N–H and O–H groups in total. The molecule has 0 aromatic heterocycles. The zero-order valence-corrected chi connectivity index (χ0v) is 21.4. The summed E-state index contributed by atoms with van der Waals surface area (Å²) in [6, 6.07) is 9.32. The summed E-state index contributed by atoms with van der Waals surface area (Å²) >= 11 is 11.2. The summed E-state index contributed by atoms with van der Waals surface area (Å²) in [7, 11) is 2.90. The fraction of sp³-hybridized carbons (Fsp3) is 0.333. The van der Waals surface area contributed by atoms with E-state index in [1.807, 2.05) is 38.1 Å².